The van der Waals surface area contributed by atoms with E-state index >= 15 is 0 Å². The van der Waals surface area contributed by atoms with Crippen LogP contribution in [0.2, 0.25) is 0 Å². The summed E-state index contributed by atoms with van der Waals surface area (Å²) in [6.45, 7) is 8.13. The van der Waals surface area contributed by atoms with Crippen LogP contribution in [0.25, 0.3) is 43.1 Å². The van der Waals surface area contributed by atoms with Gasteiger partial charge in [-0.2, -0.15) is 0 Å². The van der Waals surface area contributed by atoms with Crippen LogP contribution in [-0.2, 0) is 20.5 Å². The van der Waals surface area contributed by atoms with Gasteiger partial charge in [-0.1, -0.05) is 78.9 Å². The van der Waals surface area contributed by atoms with E-state index in [0.29, 0.717) is 5.75 Å². The van der Waals surface area contributed by atoms with Gasteiger partial charge in [-0.3, -0.25) is 4.79 Å². The van der Waals surface area contributed by atoms with Gasteiger partial charge in [0.15, 0.2) is 0 Å². The first kappa shape index (κ1) is 24.1. The first-order chi connectivity index (χ1) is 18.7. The number of benzene rings is 6. The molecule has 1 aliphatic heterocycles. The highest BCUT2D eigenvalue weighted by Gasteiger charge is 2.51. The Bertz CT molecular complexity index is 1820. The monoisotopic (exact) mass is 512 g/mol. The number of rotatable bonds is 4. The van der Waals surface area contributed by atoms with Crippen LogP contribution in [-0.4, -0.2) is 24.3 Å². The average Bonchev–Trinajstić information content (AvgIpc) is 3.14. The van der Waals surface area contributed by atoms with Crippen LogP contribution >= 0.6 is 0 Å². The van der Waals surface area contributed by atoms with Crippen molar-refractivity contribution in [3.05, 3.63) is 96.6 Å². The zero-order valence-corrected chi connectivity index (χ0v) is 22.6. The van der Waals surface area contributed by atoms with Gasteiger partial charge < -0.3 is 14.0 Å². The van der Waals surface area contributed by atoms with Crippen LogP contribution in [0.4, 0.5) is 0 Å². The molecule has 0 amide bonds. The zero-order valence-electron chi connectivity index (χ0n) is 22.6. The van der Waals surface area contributed by atoms with E-state index in [0.717, 1.165) is 16.4 Å². The Balaban J connectivity index is 1.18. The standard InChI is InChI=1S/C34H29BO4/c1-33(2)34(3,4)39-35(38-33)23-15-17-24(18-16-23)37-30(36)20-22-14-19-29-27-12-6-9-21-8-5-11-26(31(21)27)28-13-7-10-25(22)32(28)29/h5-19H,20H2,1-4H3. The van der Waals surface area contributed by atoms with Crippen molar-refractivity contribution in [1.82, 2.24) is 0 Å². The minimum Gasteiger partial charge on any atom is -0.426 e. The molecule has 7 rings (SSSR count). The number of fused-ring (bicyclic) bond motifs is 2. The summed E-state index contributed by atoms with van der Waals surface area (Å²) in [5.74, 6) is 0.209. The average molecular weight is 512 g/mol. The Labute approximate surface area is 228 Å². The molecule has 0 aromatic heterocycles. The Morgan fingerprint density at radius 2 is 1.21 bits per heavy atom. The zero-order chi connectivity index (χ0) is 26.9. The topological polar surface area (TPSA) is 44.8 Å². The third kappa shape index (κ3) is 3.80. The van der Waals surface area contributed by atoms with E-state index in [1.807, 2.05) is 39.8 Å². The lowest BCUT2D eigenvalue weighted by Gasteiger charge is -2.32. The van der Waals surface area contributed by atoms with Crippen LogP contribution in [0.15, 0.2) is 91.0 Å². The van der Waals surface area contributed by atoms with Crippen molar-refractivity contribution in [2.75, 3.05) is 0 Å². The van der Waals surface area contributed by atoms with E-state index < -0.39 is 18.3 Å². The fourth-order valence-electron chi connectivity index (χ4n) is 5.86. The van der Waals surface area contributed by atoms with E-state index in [1.54, 1.807) is 12.1 Å². The van der Waals surface area contributed by atoms with Gasteiger partial charge in [0.05, 0.1) is 17.6 Å². The molecule has 1 heterocycles. The van der Waals surface area contributed by atoms with Crippen LogP contribution in [0.1, 0.15) is 33.3 Å². The lowest BCUT2D eigenvalue weighted by atomic mass is 9.79. The van der Waals surface area contributed by atoms with E-state index in [9.17, 15) is 4.79 Å². The van der Waals surface area contributed by atoms with E-state index in [2.05, 4.69) is 66.7 Å². The normalized spacial score (nSPS) is 16.6. The van der Waals surface area contributed by atoms with Crippen molar-refractivity contribution in [3.8, 4) is 5.75 Å². The van der Waals surface area contributed by atoms with Gasteiger partial charge in [-0.15, -0.1) is 0 Å². The molecular weight excluding hydrogens is 483 g/mol. The van der Waals surface area contributed by atoms with Gasteiger partial charge in [0.1, 0.15) is 5.75 Å². The maximum atomic E-state index is 13.1. The Hall–Kier alpha value is -3.93. The quantitative estimate of drug-likeness (QED) is 0.0825. The molecule has 0 saturated carbocycles. The van der Waals surface area contributed by atoms with E-state index in [1.165, 1.54) is 37.7 Å². The number of esters is 1. The maximum Gasteiger partial charge on any atom is 0.494 e. The fourth-order valence-corrected chi connectivity index (χ4v) is 5.86. The molecule has 0 N–H and O–H groups in total. The molecule has 5 heteroatoms. The first-order valence-corrected chi connectivity index (χ1v) is 13.5. The molecular formula is C34H29BO4. The van der Waals surface area contributed by atoms with Gasteiger partial charge >= 0.3 is 13.1 Å². The second kappa shape index (κ2) is 8.54. The van der Waals surface area contributed by atoms with Crippen molar-refractivity contribution < 1.29 is 18.8 Å². The number of ether oxygens (including phenoxy) is 1. The van der Waals surface area contributed by atoms with Gasteiger partial charge in [0.25, 0.3) is 0 Å². The Kier molecular flexibility index (Phi) is 5.28. The number of hydrogen-bond acceptors (Lipinski definition) is 4. The summed E-state index contributed by atoms with van der Waals surface area (Å²) in [7, 11) is -0.451. The van der Waals surface area contributed by atoms with Gasteiger partial charge in [-0.25, -0.2) is 0 Å². The summed E-state index contributed by atoms with van der Waals surface area (Å²) in [5.41, 5.74) is 1.04. The van der Waals surface area contributed by atoms with Crippen molar-refractivity contribution in [1.29, 1.82) is 0 Å². The van der Waals surface area contributed by atoms with Gasteiger partial charge in [-0.05, 0) is 93.9 Å². The predicted molar refractivity (Wildman–Crippen MR) is 159 cm³/mol. The molecule has 0 aliphatic carbocycles. The van der Waals surface area contributed by atoms with Crippen molar-refractivity contribution in [3.63, 3.8) is 0 Å². The summed E-state index contributed by atoms with van der Waals surface area (Å²) in [4.78, 5) is 13.1. The Morgan fingerprint density at radius 1 is 0.667 bits per heavy atom. The predicted octanol–water partition coefficient (Wildman–Crippen LogP) is 7.18. The molecule has 0 spiro atoms. The first-order valence-electron chi connectivity index (χ1n) is 13.5. The highest BCUT2D eigenvalue weighted by Crippen LogP contribution is 2.41. The molecule has 0 radical (unpaired) electrons. The summed E-state index contributed by atoms with van der Waals surface area (Å²) in [6, 6.07) is 30.9. The molecule has 0 bridgehead atoms. The van der Waals surface area contributed by atoms with E-state index in [4.69, 9.17) is 14.0 Å². The number of carbonyl (C=O) groups excluding carboxylic acids is 1. The lowest BCUT2D eigenvalue weighted by molar-refractivity contribution is -0.133. The summed E-state index contributed by atoms with van der Waals surface area (Å²) in [6.07, 6.45) is 0.186. The number of carbonyl (C=O) groups is 1. The molecule has 1 aliphatic rings. The summed E-state index contributed by atoms with van der Waals surface area (Å²) in [5, 5.41) is 9.71. The molecule has 0 atom stereocenters. The second-order valence-electron chi connectivity index (χ2n) is 11.5. The minimum absolute atomic E-state index is 0.186. The van der Waals surface area contributed by atoms with Crippen LogP contribution in [0.5, 0.6) is 5.75 Å². The molecule has 192 valence electrons. The minimum atomic E-state index is -0.451. The van der Waals surface area contributed by atoms with Crippen molar-refractivity contribution in [2.45, 2.75) is 45.3 Å². The maximum absolute atomic E-state index is 13.1. The molecule has 6 aromatic rings. The third-order valence-corrected chi connectivity index (χ3v) is 8.59. The van der Waals surface area contributed by atoms with Crippen molar-refractivity contribution in [2.24, 2.45) is 0 Å². The fraction of sp³-hybridized carbons (Fsp3) is 0.206. The van der Waals surface area contributed by atoms with Crippen LogP contribution in [0, 0.1) is 0 Å². The van der Waals surface area contributed by atoms with E-state index in [-0.39, 0.29) is 12.4 Å². The third-order valence-electron chi connectivity index (χ3n) is 8.59. The molecule has 39 heavy (non-hydrogen) atoms. The lowest BCUT2D eigenvalue weighted by Crippen LogP contribution is -2.41. The molecule has 1 fully saturated rings. The second-order valence-corrected chi connectivity index (χ2v) is 11.5. The molecule has 6 aromatic carbocycles. The molecule has 1 saturated heterocycles. The highest BCUT2D eigenvalue weighted by molar-refractivity contribution is 6.62. The number of hydrogen-bond donors (Lipinski definition) is 0. The van der Waals surface area contributed by atoms with Crippen molar-refractivity contribution >= 4 is 61.6 Å². The SMILES string of the molecule is CC1(C)OB(c2ccc(OC(=O)Cc3ccc4c5cccc6cccc(c7cccc3c74)c65)cc2)OC1(C)C. The molecule has 4 nitrogen and oxygen atoms in total. The molecule has 0 unspecified atom stereocenters. The Morgan fingerprint density at radius 3 is 1.85 bits per heavy atom. The van der Waals surface area contributed by atoms with Gasteiger partial charge in [0, 0.05) is 0 Å². The van der Waals surface area contributed by atoms with Crippen LogP contribution < -0.4 is 10.2 Å². The van der Waals surface area contributed by atoms with Crippen LogP contribution in [0.3, 0.4) is 0 Å². The smallest absolute Gasteiger partial charge is 0.426 e. The van der Waals surface area contributed by atoms with Gasteiger partial charge in [0.2, 0.25) is 0 Å². The summed E-state index contributed by atoms with van der Waals surface area (Å²) >= 11 is 0. The largest absolute Gasteiger partial charge is 0.494 e. The summed E-state index contributed by atoms with van der Waals surface area (Å²) < 4.78 is 18.0. The highest BCUT2D eigenvalue weighted by atomic mass is 16.7.